The van der Waals surface area contributed by atoms with Crippen molar-refractivity contribution < 1.29 is 13.2 Å². The van der Waals surface area contributed by atoms with E-state index in [1.807, 2.05) is 12.1 Å². The van der Waals surface area contributed by atoms with Crippen LogP contribution in [0.1, 0.15) is 5.56 Å². The monoisotopic (exact) mass is 391 g/mol. The molecule has 26 heavy (non-hydrogen) atoms. The molecular weight excluding hydrogens is 374 g/mol. The average molecular weight is 392 g/mol. The van der Waals surface area contributed by atoms with Crippen LogP contribution in [0.25, 0.3) is 0 Å². The molecule has 8 heteroatoms. The Labute approximate surface area is 158 Å². The number of anilines is 1. The van der Waals surface area contributed by atoms with E-state index in [4.69, 9.17) is 21.6 Å². The summed E-state index contributed by atoms with van der Waals surface area (Å²) in [6, 6.07) is 13.7. The summed E-state index contributed by atoms with van der Waals surface area (Å²) in [4.78, 5) is 2.32. The first-order valence-corrected chi connectivity index (χ1v) is 9.86. The summed E-state index contributed by atoms with van der Waals surface area (Å²) in [5.41, 5.74) is 1.31. The zero-order valence-corrected chi connectivity index (χ0v) is 15.8. The van der Waals surface area contributed by atoms with Crippen LogP contribution in [-0.2, 0) is 10.0 Å². The molecule has 1 aliphatic heterocycles. The van der Waals surface area contributed by atoms with Gasteiger partial charge in [0.05, 0.1) is 22.6 Å². The van der Waals surface area contributed by atoms with Crippen LogP contribution in [0.15, 0.2) is 47.4 Å². The van der Waals surface area contributed by atoms with Gasteiger partial charge in [0.15, 0.2) is 0 Å². The number of nitriles is 1. The molecule has 0 radical (unpaired) electrons. The van der Waals surface area contributed by atoms with E-state index in [9.17, 15) is 8.42 Å². The lowest BCUT2D eigenvalue weighted by molar-refractivity contribution is 0.384. The van der Waals surface area contributed by atoms with Crippen molar-refractivity contribution in [1.82, 2.24) is 4.31 Å². The number of benzene rings is 2. The largest absolute Gasteiger partial charge is 0.497 e. The highest BCUT2D eigenvalue weighted by Crippen LogP contribution is 2.26. The number of nitrogens with zero attached hydrogens (tertiary/aromatic N) is 3. The van der Waals surface area contributed by atoms with E-state index in [1.165, 1.54) is 11.4 Å². The van der Waals surface area contributed by atoms with Crippen LogP contribution in [0.3, 0.4) is 0 Å². The van der Waals surface area contributed by atoms with Crippen LogP contribution in [0.2, 0.25) is 5.02 Å². The van der Waals surface area contributed by atoms with Crippen LogP contribution in [0.4, 0.5) is 5.69 Å². The van der Waals surface area contributed by atoms with Crippen molar-refractivity contribution >= 4 is 27.3 Å². The third-order valence-corrected chi connectivity index (χ3v) is 6.60. The normalized spacial score (nSPS) is 15.5. The van der Waals surface area contributed by atoms with Gasteiger partial charge in [-0.05, 0) is 42.5 Å². The predicted octanol–water partition coefficient (Wildman–Crippen LogP) is 2.73. The van der Waals surface area contributed by atoms with Crippen LogP contribution in [-0.4, -0.2) is 46.0 Å². The molecule has 1 aliphatic rings. The van der Waals surface area contributed by atoms with E-state index in [0.29, 0.717) is 42.5 Å². The van der Waals surface area contributed by atoms with Crippen molar-refractivity contribution in [3.8, 4) is 11.8 Å². The van der Waals surface area contributed by atoms with Crippen molar-refractivity contribution in [1.29, 1.82) is 5.26 Å². The smallest absolute Gasteiger partial charge is 0.243 e. The van der Waals surface area contributed by atoms with Crippen LogP contribution in [0, 0.1) is 11.3 Å². The van der Waals surface area contributed by atoms with Crippen molar-refractivity contribution in [2.75, 3.05) is 38.2 Å². The molecule has 0 N–H and O–H groups in total. The zero-order chi connectivity index (χ0) is 18.7. The van der Waals surface area contributed by atoms with Gasteiger partial charge in [-0.1, -0.05) is 11.6 Å². The molecule has 0 atom stereocenters. The summed E-state index contributed by atoms with van der Waals surface area (Å²) in [7, 11) is -1.99. The van der Waals surface area contributed by atoms with E-state index in [2.05, 4.69) is 4.90 Å². The maximum absolute atomic E-state index is 12.8. The number of methoxy groups -OCH3 is 1. The van der Waals surface area contributed by atoms with Crippen LogP contribution in [0.5, 0.6) is 5.75 Å². The fourth-order valence-corrected chi connectivity index (χ4v) is 4.51. The lowest BCUT2D eigenvalue weighted by Gasteiger charge is -2.35. The van der Waals surface area contributed by atoms with Crippen molar-refractivity contribution in [3.05, 3.63) is 53.1 Å². The second-order valence-electron chi connectivity index (χ2n) is 5.84. The van der Waals surface area contributed by atoms with Crippen LogP contribution >= 0.6 is 11.6 Å². The third-order valence-electron chi connectivity index (χ3n) is 4.37. The fourth-order valence-electron chi connectivity index (χ4n) is 2.87. The molecule has 6 nitrogen and oxygen atoms in total. The van der Waals surface area contributed by atoms with E-state index >= 15 is 0 Å². The summed E-state index contributed by atoms with van der Waals surface area (Å²) in [6.45, 7) is 1.87. The van der Waals surface area contributed by atoms with Crippen LogP contribution < -0.4 is 9.64 Å². The second kappa shape index (κ2) is 7.54. The highest BCUT2D eigenvalue weighted by atomic mass is 35.5. The Morgan fingerprint density at radius 2 is 1.73 bits per heavy atom. The molecule has 1 saturated heterocycles. The molecule has 2 aromatic carbocycles. The molecular formula is C18H18ClN3O3S. The molecule has 136 valence electrons. The minimum Gasteiger partial charge on any atom is -0.497 e. The highest BCUT2D eigenvalue weighted by molar-refractivity contribution is 7.89. The highest BCUT2D eigenvalue weighted by Gasteiger charge is 2.28. The summed E-state index contributed by atoms with van der Waals surface area (Å²) in [5, 5.41) is 9.36. The molecule has 1 heterocycles. The molecule has 0 spiro atoms. The second-order valence-corrected chi connectivity index (χ2v) is 8.19. The molecule has 0 saturated carbocycles. The number of halogens is 1. The van der Waals surface area contributed by atoms with Gasteiger partial charge >= 0.3 is 0 Å². The standard InChI is InChI=1S/C18H18ClN3O3S/c1-25-16-4-6-17(7-5-16)26(23,24)22-10-8-21(9-11-22)15-3-2-14(13-20)18(19)12-15/h2-7,12H,8-11H2,1H3. The lowest BCUT2D eigenvalue weighted by Crippen LogP contribution is -2.48. The summed E-state index contributed by atoms with van der Waals surface area (Å²) >= 11 is 6.09. The van der Waals surface area contributed by atoms with E-state index in [0.717, 1.165) is 5.69 Å². The number of ether oxygens (including phenoxy) is 1. The number of rotatable bonds is 4. The number of hydrogen-bond donors (Lipinski definition) is 0. The van der Waals surface area contributed by atoms with E-state index in [-0.39, 0.29) is 4.90 Å². The summed E-state index contributed by atoms with van der Waals surface area (Å²) in [5.74, 6) is 0.617. The quantitative estimate of drug-likeness (QED) is 0.801. The molecule has 2 aromatic rings. The molecule has 0 bridgehead atoms. The van der Waals surface area contributed by atoms with Gasteiger partial charge in [-0.3, -0.25) is 0 Å². The van der Waals surface area contributed by atoms with Gasteiger partial charge < -0.3 is 9.64 Å². The van der Waals surface area contributed by atoms with Gasteiger partial charge in [0.1, 0.15) is 11.8 Å². The van der Waals surface area contributed by atoms with Crippen molar-refractivity contribution in [3.63, 3.8) is 0 Å². The van der Waals surface area contributed by atoms with Gasteiger partial charge in [0.25, 0.3) is 0 Å². The lowest BCUT2D eigenvalue weighted by atomic mass is 10.2. The molecule has 0 aromatic heterocycles. The first-order valence-electron chi connectivity index (χ1n) is 8.04. The van der Waals surface area contributed by atoms with Crippen molar-refractivity contribution in [2.24, 2.45) is 0 Å². The minimum absolute atomic E-state index is 0.258. The third kappa shape index (κ3) is 3.63. The van der Waals surface area contributed by atoms with Crippen molar-refractivity contribution in [2.45, 2.75) is 4.90 Å². The molecule has 0 aliphatic carbocycles. The minimum atomic E-state index is -3.53. The maximum atomic E-state index is 12.8. The summed E-state index contributed by atoms with van der Waals surface area (Å²) in [6.07, 6.45) is 0. The van der Waals surface area contributed by atoms with E-state index in [1.54, 1.807) is 36.4 Å². The number of hydrogen-bond acceptors (Lipinski definition) is 5. The van der Waals surface area contributed by atoms with Gasteiger partial charge in [0.2, 0.25) is 10.0 Å². The van der Waals surface area contributed by atoms with Gasteiger partial charge in [-0.2, -0.15) is 9.57 Å². The SMILES string of the molecule is COc1ccc(S(=O)(=O)N2CCN(c3ccc(C#N)c(Cl)c3)CC2)cc1. The Morgan fingerprint density at radius 3 is 2.27 bits per heavy atom. The number of sulfonamides is 1. The summed E-state index contributed by atoms with van der Waals surface area (Å²) < 4.78 is 32.1. The topological polar surface area (TPSA) is 73.6 Å². The average Bonchev–Trinajstić information content (AvgIpc) is 2.68. The Morgan fingerprint density at radius 1 is 1.08 bits per heavy atom. The molecule has 0 amide bonds. The first-order chi connectivity index (χ1) is 12.5. The predicted molar refractivity (Wildman–Crippen MR) is 100 cm³/mol. The first kappa shape index (κ1) is 18.5. The Bertz CT molecular complexity index is 931. The molecule has 1 fully saturated rings. The van der Waals surface area contributed by atoms with Gasteiger partial charge in [0, 0.05) is 31.9 Å². The Hall–Kier alpha value is -2.27. The fraction of sp³-hybridized carbons (Fsp3) is 0.278. The van der Waals surface area contributed by atoms with E-state index < -0.39 is 10.0 Å². The maximum Gasteiger partial charge on any atom is 0.243 e. The molecule has 0 unspecified atom stereocenters. The zero-order valence-electron chi connectivity index (χ0n) is 14.2. The Balaban J connectivity index is 1.71. The van der Waals surface area contributed by atoms with Gasteiger partial charge in [-0.15, -0.1) is 0 Å². The number of piperazine rings is 1. The van der Waals surface area contributed by atoms with Gasteiger partial charge in [-0.25, -0.2) is 8.42 Å². The Kier molecular flexibility index (Phi) is 5.37. The molecule has 3 rings (SSSR count).